The molecule has 1 aliphatic heterocycles. The van der Waals surface area contributed by atoms with Gasteiger partial charge in [0.25, 0.3) is 0 Å². The molecular weight excluding hydrogens is 444 g/mol. The summed E-state index contributed by atoms with van der Waals surface area (Å²) in [6.45, 7) is 6.44. The molecule has 1 saturated heterocycles. The van der Waals surface area contributed by atoms with Crippen molar-refractivity contribution < 1.29 is 24.2 Å². The molecule has 0 bridgehead atoms. The molecule has 186 valence electrons. The van der Waals surface area contributed by atoms with E-state index in [-0.39, 0.29) is 31.5 Å². The van der Waals surface area contributed by atoms with Crippen LogP contribution in [0.4, 0.5) is 4.79 Å². The largest absolute Gasteiger partial charge is 0.481 e. The number of hydrogen-bond donors (Lipinski definition) is 2. The number of carboxylic acid groups (broad SMARTS) is 1. The van der Waals surface area contributed by atoms with Crippen molar-refractivity contribution in [3.63, 3.8) is 0 Å². The highest BCUT2D eigenvalue weighted by atomic mass is 16.5. The molecule has 2 aliphatic rings. The van der Waals surface area contributed by atoms with Crippen LogP contribution in [0.1, 0.15) is 57.1 Å². The molecule has 7 nitrogen and oxygen atoms in total. The van der Waals surface area contributed by atoms with Crippen LogP contribution in [0.25, 0.3) is 11.1 Å². The summed E-state index contributed by atoms with van der Waals surface area (Å²) in [5.41, 5.74) is 2.82. The van der Waals surface area contributed by atoms with Crippen LogP contribution >= 0.6 is 0 Å². The molecule has 0 aromatic heterocycles. The highest BCUT2D eigenvalue weighted by Crippen LogP contribution is 2.44. The van der Waals surface area contributed by atoms with E-state index in [1.165, 1.54) is 0 Å². The Kier molecular flexibility index (Phi) is 6.88. The summed E-state index contributed by atoms with van der Waals surface area (Å²) in [7, 11) is 0. The second-order valence-electron chi connectivity index (χ2n) is 10.3. The molecule has 2 amide bonds. The highest BCUT2D eigenvalue weighted by Gasteiger charge is 2.43. The summed E-state index contributed by atoms with van der Waals surface area (Å²) in [5.74, 6) is -1.05. The van der Waals surface area contributed by atoms with Gasteiger partial charge in [0.2, 0.25) is 5.91 Å². The number of carbonyl (C=O) groups is 3. The van der Waals surface area contributed by atoms with Crippen LogP contribution < -0.4 is 5.32 Å². The zero-order valence-electron chi connectivity index (χ0n) is 20.7. The van der Waals surface area contributed by atoms with Gasteiger partial charge in [-0.25, -0.2) is 4.79 Å². The van der Waals surface area contributed by atoms with Gasteiger partial charge in [0.15, 0.2) is 0 Å². The quantitative estimate of drug-likeness (QED) is 0.604. The first-order chi connectivity index (χ1) is 16.7. The molecular formula is C28H34N2O5. The zero-order chi connectivity index (χ0) is 25.2. The number of amides is 2. The van der Waals surface area contributed by atoms with Gasteiger partial charge in [-0.05, 0) is 55.4 Å². The fourth-order valence-electron chi connectivity index (χ4n) is 5.24. The summed E-state index contributed by atoms with van der Waals surface area (Å²) in [4.78, 5) is 39.3. The first kappa shape index (κ1) is 24.8. The molecule has 2 N–H and O–H groups in total. The molecule has 1 fully saturated rings. The van der Waals surface area contributed by atoms with Gasteiger partial charge in [-0.2, -0.15) is 0 Å². The third kappa shape index (κ3) is 4.77. The molecule has 2 aromatic carbocycles. The van der Waals surface area contributed by atoms with E-state index in [0.717, 1.165) is 22.3 Å². The van der Waals surface area contributed by atoms with Gasteiger partial charge >= 0.3 is 12.1 Å². The van der Waals surface area contributed by atoms with Crippen molar-refractivity contribution in [3.05, 3.63) is 59.7 Å². The summed E-state index contributed by atoms with van der Waals surface area (Å²) >= 11 is 0. The maximum absolute atomic E-state index is 13.4. The Morgan fingerprint density at radius 3 is 2.29 bits per heavy atom. The Morgan fingerprint density at radius 1 is 1.11 bits per heavy atom. The fraction of sp³-hybridized carbons (Fsp3) is 0.464. The molecule has 7 heteroatoms. The van der Waals surface area contributed by atoms with Crippen molar-refractivity contribution >= 4 is 18.0 Å². The summed E-state index contributed by atoms with van der Waals surface area (Å²) in [6, 6.07) is 16.3. The van der Waals surface area contributed by atoms with Crippen molar-refractivity contribution in [2.45, 2.75) is 46.0 Å². The molecule has 2 aromatic rings. The smallest absolute Gasteiger partial charge is 0.407 e. The van der Waals surface area contributed by atoms with E-state index in [1.807, 2.05) is 38.1 Å². The minimum Gasteiger partial charge on any atom is -0.481 e. The second-order valence-corrected chi connectivity index (χ2v) is 10.3. The van der Waals surface area contributed by atoms with E-state index < -0.39 is 22.9 Å². The highest BCUT2D eigenvalue weighted by molar-refractivity contribution is 5.85. The average Bonchev–Trinajstić information content (AvgIpc) is 3.19. The lowest BCUT2D eigenvalue weighted by atomic mass is 9.79. The van der Waals surface area contributed by atoms with Gasteiger partial charge < -0.3 is 20.1 Å². The number of piperidine rings is 1. The van der Waals surface area contributed by atoms with Crippen LogP contribution in [0.3, 0.4) is 0 Å². The fourth-order valence-corrected chi connectivity index (χ4v) is 5.24. The normalized spacial score (nSPS) is 20.9. The Hall–Kier alpha value is -3.35. The van der Waals surface area contributed by atoms with Crippen LogP contribution in [0.2, 0.25) is 0 Å². The topological polar surface area (TPSA) is 95.9 Å². The monoisotopic (exact) mass is 478 g/mol. The van der Waals surface area contributed by atoms with Gasteiger partial charge in [0.05, 0.1) is 10.8 Å². The third-order valence-electron chi connectivity index (χ3n) is 7.76. The number of nitrogens with zero attached hydrogens (tertiary/aromatic N) is 1. The number of alkyl carbamates (subject to hydrolysis) is 1. The molecule has 0 radical (unpaired) electrons. The van der Waals surface area contributed by atoms with Crippen molar-refractivity contribution in [3.8, 4) is 11.1 Å². The van der Waals surface area contributed by atoms with E-state index >= 15 is 0 Å². The Balaban J connectivity index is 1.37. The number of carbonyl (C=O) groups excluding carboxylic acids is 2. The molecule has 2 atom stereocenters. The number of likely N-dealkylation sites (tertiary alicyclic amines) is 1. The Bertz CT molecular complexity index is 1090. The van der Waals surface area contributed by atoms with Crippen molar-refractivity contribution in [2.75, 3.05) is 26.2 Å². The Morgan fingerprint density at radius 2 is 1.71 bits per heavy atom. The maximum atomic E-state index is 13.4. The number of fused-ring (bicyclic) bond motifs is 3. The summed E-state index contributed by atoms with van der Waals surface area (Å²) in [5, 5.41) is 12.4. The second kappa shape index (κ2) is 9.72. The number of benzene rings is 2. The molecule has 35 heavy (non-hydrogen) atoms. The third-order valence-corrected chi connectivity index (χ3v) is 7.76. The Labute approximate surface area is 206 Å². The van der Waals surface area contributed by atoms with Crippen LogP contribution in [-0.2, 0) is 14.3 Å². The van der Waals surface area contributed by atoms with Crippen LogP contribution in [-0.4, -0.2) is 54.2 Å². The lowest BCUT2D eigenvalue weighted by Gasteiger charge is -2.41. The van der Waals surface area contributed by atoms with Crippen molar-refractivity contribution in [2.24, 2.45) is 10.8 Å². The number of rotatable bonds is 7. The summed E-state index contributed by atoms with van der Waals surface area (Å²) in [6.07, 6.45) is 1.14. The van der Waals surface area contributed by atoms with Crippen LogP contribution in [0.15, 0.2) is 48.5 Å². The van der Waals surface area contributed by atoms with Gasteiger partial charge in [0, 0.05) is 25.6 Å². The first-order valence-electron chi connectivity index (χ1n) is 12.3. The zero-order valence-corrected chi connectivity index (χ0v) is 20.7. The lowest BCUT2D eigenvalue weighted by Crippen LogP contribution is -2.54. The SMILES string of the molecule is CCC(C)(CNC(=O)OCC1c2ccccc2-c2ccccc21)C(=O)N1CCCC(C)(C(=O)O)C1. The lowest BCUT2D eigenvalue weighted by molar-refractivity contribution is -0.156. The van der Waals surface area contributed by atoms with Gasteiger partial charge in [-0.3, -0.25) is 9.59 Å². The molecule has 2 unspecified atom stereocenters. The average molecular weight is 479 g/mol. The standard InChI is InChI=1S/C28H34N2O5/c1-4-27(2,24(31)30-15-9-14-28(3,18-30)25(32)33)17-29-26(34)35-16-23-21-12-7-5-10-19(21)20-11-6-8-13-22(20)23/h5-8,10-13,23H,4,9,14-18H2,1-3H3,(H,29,34)(H,32,33). The van der Waals surface area contributed by atoms with Gasteiger partial charge in [-0.15, -0.1) is 0 Å². The maximum Gasteiger partial charge on any atom is 0.407 e. The van der Waals surface area contributed by atoms with Gasteiger partial charge in [-0.1, -0.05) is 55.5 Å². The number of carboxylic acids is 1. The van der Waals surface area contributed by atoms with Crippen molar-refractivity contribution in [1.82, 2.24) is 10.2 Å². The number of ether oxygens (including phenoxy) is 1. The molecule has 1 aliphatic carbocycles. The van der Waals surface area contributed by atoms with E-state index in [9.17, 15) is 19.5 Å². The molecule has 4 rings (SSSR count). The van der Waals surface area contributed by atoms with Crippen LogP contribution in [0.5, 0.6) is 0 Å². The van der Waals surface area contributed by atoms with E-state index in [0.29, 0.717) is 25.8 Å². The van der Waals surface area contributed by atoms with E-state index in [2.05, 4.69) is 29.6 Å². The van der Waals surface area contributed by atoms with Crippen molar-refractivity contribution in [1.29, 1.82) is 0 Å². The predicted molar refractivity (Wildman–Crippen MR) is 133 cm³/mol. The van der Waals surface area contributed by atoms with E-state index in [4.69, 9.17) is 4.74 Å². The number of hydrogen-bond acceptors (Lipinski definition) is 4. The minimum atomic E-state index is -0.942. The number of nitrogens with one attached hydrogen (secondary N) is 1. The van der Waals surface area contributed by atoms with Crippen LogP contribution in [0, 0.1) is 10.8 Å². The number of aliphatic carboxylic acids is 1. The summed E-state index contributed by atoms with van der Waals surface area (Å²) < 4.78 is 5.62. The predicted octanol–water partition coefficient (Wildman–Crippen LogP) is 4.65. The van der Waals surface area contributed by atoms with E-state index in [1.54, 1.807) is 11.8 Å². The first-order valence-corrected chi connectivity index (χ1v) is 12.3. The minimum absolute atomic E-state index is 0.0330. The molecule has 0 saturated carbocycles. The van der Waals surface area contributed by atoms with Gasteiger partial charge in [0.1, 0.15) is 6.61 Å². The molecule has 0 spiro atoms. The molecule has 1 heterocycles.